The van der Waals surface area contributed by atoms with Crippen LogP contribution in [0.2, 0.25) is 0 Å². The molecule has 1 aliphatic rings. The Morgan fingerprint density at radius 2 is 1.94 bits per heavy atom. The molecule has 1 saturated heterocycles. The maximum Gasteiger partial charge on any atom is 0.266 e. The fourth-order valence-corrected chi connectivity index (χ4v) is 5.27. The lowest BCUT2D eigenvalue weighted by Crippen LogP contribution is -2.28. The van der Waals surface area contributed by atoms with E-state index in [4.69, 9.17) is 21.7 Å². The molecule has 2 aromatic carbocycles. The quantitative estimate of drug-likeness (QED) is 0.258. The normalized spacial score (nSPS) is 14.5. The Labute approximate surface area is 224 Å². The number of unbranched alkanes of at least 4 members (excludes halogenated alkanes) is 1. The standard InChI is InChI=1S/C26H29BrN2O4S2/c1-5-7-10-29-25(31)22(35-26(29)34)14-18-12-20(27)24(21(13-18)32-6-2)33-15-23(30)28-19-9-8-16(3)17(4)11-19/h8-9,11-14H,5-7,10,15H2,1-4H3,(H,28,30)/b22-14-. The first-order valence-corrected chi connectivity index (χ1v) is 13.5. The number of nitrogens with one attached hydrogen (secondary N) is 1. The second kappa shape index (κ2) is 12.6. The van der Waals surface area contributed by atoms with Crippen molar-refractivity contribution in [1.82, 2.24) is 4.90 Å². The molecule has 0 atom stereocenters. The number of hydrogen-bond donors (Lipinski definition) is 1. The van der Waals surface area contributed by atoms with Gasteiger partial charge in [0, 0.05) is 12.2 Å². The molecule has 6 nitrogen and oxygen atoms in total. The predicted molar refractivity (Wildman–Crippen MR) is 150 cm³/mol. The van der Waals surface area contributed by atoms with Gasteiger partial charge in [-0.1, -0.05) is 43.4 Å². The molecule has 0 spiro atoms. The van der Waals surface area contributed by atoms with E-state index in [1.54, 1.807) is 17.0 Å². The zero-order valence-corrected chi connectivity index (χ0v) is 23.5. The van der Waals surface area contributed by atoms with Crippen LogP contribution in [0, 0.1) is 13.8 Å². The number of nitrogens with zero attached hydrogens (tertiary/aromatic N) is 1. The molecular formula is C26H29BrN2O4S2. The summed E-state index contributed by atoms with van der Waals surface area (Å²) in [4.78, 5) is 27.5. The number of hydrogen-bond acceptors (Lipinski definition) is 6. The molecule has 1 aliphatic heterocycles. The van der Waals surface area contributed by atoms with E-state index in [1.807, 2.05) is 45.0 Å². The first-order chi connectivity index (χ1) is 16.7. The number of halogens is 1. The first-order valence-electron chi connectivity index (χ1n) is 11.4. The molecule has 9 heteroatoms. The average Bonchev–Trinajstić information content (AvgIpc) is 3.06. The number of carbonyl (C=O) groups excluding carboxylic acids is 2. The average molecular weight is 578 g/mol. The van der Waals surface area contributed by atoms with Crippen molar-refractivity contribution in [2.45, 2.75) is 40.5 Å². The van der Waals surface area contributed by atoms with Crippen molar-refractivity contribution >= 4 is 67.8 Å². The van der Waals surface area contributed by atoms with Crippen LogP contribution in [0.3, 0.4) is 0 Å². The molecule has 35 heavy (non-hydrogen) atoms. The van der Waals surface area contributed by atoms with Gasteiger partial charge in [-0.3, -0.25) is 14.5 Å². The summed E-state index contributed by atoms with van der Waals surface area (Å²) in [7, 11) is 0. The van der Waals surface area contributed by atoms with Crippen molar-refractivity contribution in [2.24, 2.45) is 0 Å². The predicted octanol–water partition coefficient (Wildman–Crippen LogP) is 6.48. The second-order valence-electron chi connectivity index (χ2n) is 8.09. The van der Waals surface area contributed by atoms with E-state index in [0.29, 0.717) is 38.3 Å². The largest absolute Gasteiger partial charge is 0.490 e. The highest BCUT2D eigenvalue weighted by Crippen LogP contribution is 2.39. The molecule has 0 bridgehead atoms. The number of carbonyl (C=O) groups is 2. The van der Waals surface area contributed by atoms with Crippen molar-refractivity contribution in [3.05, 3.63) is 56.4 Å². The third-order valence-electron chi connectivity index (χ3n) is 5.38. The van der Waals surface area contributed by atoms with E-state index in [-0.39, 0.29) is 18.4 Å². The molecule has 186 valence electrons. The van der Waals surface area contributed by atoms with Gasteiger partial charge in [0.15, 0.2) is 18.1 Å². The number of anilines is 1. The van der Waals surface area contributed by atoms with E-state index >= 15 is 0 Å². The Bertz CT molecular complexity index is 1170. The van der Waals surface area contributed by atoms with Crippen LogP contribution < -0.4 is 14.8 Å². The van der Waals surface area contributed by atoms with Crippen LogP contribution in [0.15, 0.2) is 39.7 Å². The number of benzene rings is 2. The van der Waals surface area contributed by atoms with Crippen LogP contribution in [0.4, 0.5) is 5.69 Å². The number of aryl methyl sites for hydroxylation is 2. The topological polar surface area (TPSA) is 67.9 Å². The summed E-state index contributed by atoms with van der Waals surface area (Å²) < 4.78 is 12.8. The van der Waals surface area contributed by atoms with Crippen LogP contribution in [0.5, 0.6) is 11.5 Å². The zero-order valence-electron chi connectivity index (χ0n) is 20.3. The van der Waals surface area contributed by atoms with Crippen molar-refractivity contribution in [2.75, 3.05) is 25.1 Å². The highest BCUT2D eigenvalue weighted by atomic mass is 79.9. The van der Waals surface area contributed by atoms with Gasteiger partial charge in [-0.15, -0.1) is 0 Å². The van der Waals surface area contributed by atoms with E-state index in [2.05, 4.69) is 28.2 Å². The third-order valence-corrected chi connectivity index (χ3v) is 7.34. The summed E-state index contributed by atoms with van der Waals surface area (Å²) >= 11 is 10.2. The SMILES string of the molecule is CCCCN1C(=O)/C(=C/c2cc(Br)c(OCC(=O)Nc3ccc(C)c(C)c3)c(OCC)c2)SC1=S. The van der Waals surface area contributed by atoms with Gasteiger partial charge in [-0.05, 0) is 90.2 Å². The molecule has 0 aliphatic carbocycles. The minimum absolute atomic E-state index is 0.0779. The van der Waals surface area contributed by atoms with E-state index in [9.17, 15) is 9.59 Å². The maximum absolute atomic E-state index is 12.8. The number of thiocarbonyl (C=S) groups is 1. The van der Waals surface area contributed by atoms with Crippen molar-refractivity contribution < 1.29 is 19.1 Å². The molecule has 1 fully saturated rings. The van der Waals surface area contributed by atoms with Crippen molar-refractivity contribution in [3.8, 4) is 11.5 Å². The van der Waals surface area contributed by atoms with E-state index < -0.39 is 0 Å². The van der Waals surface area contributed by atoms with Gasteiger partial charge in [-0.2, -0.15) is 0 Å². The van der Waals surface area contributed by atoms with Crippen LogP contribution >= 0.6 is 39.9 Å². The Kier molecular flexibility index (Phi) is 9.77. The molecule has 1 heterocycles. The van der Waals surface area contributed by atoms with Crippen LogP contribution in [-0.4, -0.2) is 40.8 Å². The maximum atomic E-state index is 12.8. The van der Waals surface area contributed by atoms with Gasteiger partial charge in [-0.25, -0.2) is 0 Å². The second-order valence-corrected chi connectivity index (χ2v) is 10.6. The summed E-state index contributed by atoms with van der Waals surface area (Å²) in [6, 6.07) is 9.38. The lowest BCUT2D eigenvalue weighted by molar-refractivity contribution is -0.122. The molecule has 2 aromatic rings. The molecule has 0 saturated carbocycles. The number of amides is 2. The number of thioether (sulfide) groups is 1. The van der Waals surface area contributed by atoms with Crippen LogP contribution in [0.25, 0.3) is 6.08 Å². The van der Waals surface area contributed by atoms with Gasteiger partial charge < -0.3 is 14.8 Å². The summed E-state index contributed by atoms with van der Waals surface area (Å²) in [6.07, 6.45) is 3.70. The molecule has 3 rings (SSSR count). The fraction of sp³-hybridized carbons (Fsp3) is 0.346. The number of ether oxygens (including phenoxy) is 2. The molecule has 0 unspecified atom stereocenters. The van der Waals surface area contributed by atoms with Crippen LogP contribution in [-0.2, 0) is 9.59 Å². The smallest absolute Gasteiger partial charge is 0.266 e. The molecule has 1 N–H and O–H groups in total. The first kappa shape index (κ1) is 27.2. The summed E-state index contributed by atoms with van der Waals surface area (Å²) in [5.41, 5.74) is 3.75. The minimum atomic E-state index is -0.276. The monoisotopic (exact) mass is 576 g/mol. The summed E-state index contributed by atoms with van der Waals surface area (Å²) in [6.45, 7) is 8.84. The number of rotatable bonds is 10. The molecular weight excluding hydrogens is 548 g/mol. The van der Waals surface area contributed by atoms with Crippen LogP contribution in [0.1, 0.15) is 43.4 Å². The minimum Gasteiger partial charge on any atom is -0.490 e. The molecule has 0 radical (unpaired) electrons. The van der Waals surface area contributed by atoms with Gasteiger partial charge in [0.05, 0.1) is 16.0 Å². The summed E-state index contributed by atoms with van der Waals surface area (Å²) in [5, 5.41) is 2.85. The Morgan fingerprint density at radius 3 is 2.63 bits per heavy atom. The highest BCUT2D eigenvalue weighted by Gasteiger charge is 2.31. The summed E-state index contributed by atoms with van der Waals surface area (Å²) in [5.74, 6) is 0.552. The Hall–Kier alpha value is -2.36. The Morgan fingerprint density at radius 1 is 1.17 bits per heavy atom. The van der Waals surface area contributed by atoms with Gasteiger partial charge in [0.1, 0.15) is 4.32 Å². The van der Waals surface area contributed by atoms with Gasteiger partial charge in [0.2, 0.25) is 0 Å². The van der Waals surface area contributed by atoms with Crippen molar-refractivity contribution in [1.29, 1.82) is 0 Å². The van der Waals surface area contributed by atoms with E-state index in [1.165, 1.54) is 11.8 Å². The highest BCUT2D eigenvalue weighted by molar-refractivity contribution is 9.10. The lowest BCUT2D eigenvalue weighted by Gasteiger charge is -2.15. The van der Waals surface area contributed by atoms with E-state index in [0.717, 1.165) is 35.2 Å². The third kappa shape index (κ3) is 7.08. The lowest BCUT2D eigenvalue weighted by atomic mass is 10.1. The van der Waals surface area contributed by atoms with Crippen molar-refractivity contribution in [3.63, 3.8) is 0 Å². The fourth-order valence-electron chi connectivity index (χ4n) is 3.39. The van der Waals surface area contributed by atoms with Gasteiger partial charge >= 0.3 is 0 Å². The Balaban J connectivity index is 1.75. The molecule has 0 aromatic heterocycles. The zero-order chi connectivity index (χ0) is 25.5. The molecule has 2 amide bonds. The van der Waals surface area contributed by atoms with Gasteiger partial charge in [0.25, 0.3) is 11.8 Å².